The number of hydrogen-bond donors (Lipinski definition) is 1. The van der Waals surface area contributed by atoms with E-state index in [0.717, 1.165) is 12.8 Å². The predicted octanol–water partition coefficient (Wildman–Crippen LogP) is 6.39. The van der Waals surface area contributed by atoms with Crippen molar-refractivity contribution in [3.63, 3.8) is 0 Å². The van der Waals surface area contributed by atoms with Crippen LogP contribution in [0, 0.1) is 0 Å². The van der Waals surface area contributed by atoms with E-state index in [1.54, 1.807) is 0 Å². The summed E-state index contributed by atoms with van der Waals surface area (Å²) in [6.45, 7) is 3.27. The van der Waals surface area contributed by atoms with Gasteiger partial charge in [-0.1, -0.05) is 114 Å². The van der Waals surface area contributed by atoms with E-state index in [1.807, 2.05) is 24.3 Å². The van der Waals surface area contributed by atoms with Crippen molar-refractivity contribution in [2.45, 2.75) is 83.7 Å². The van der Waals surface area contributed by atoms with Crippen LogP contribution < -0.4 is 0 Å². The van der Waals surface area contributed by atoms with Gasteiger partial charge >= 0.3 is 0 Å². The number of benzene rings is 1. The van der Waals surface area contributed by atoms with Crippen LogP contribution in [0.2, 0.25) is 0 Å². The van der Waals surface area contributed by atoms with Gasteiger partial charge in [-0.15, -0.1) is 0 Å². The van der Waals surface area contributed by atoms with E-state index < -0.39 is 0 Å². The van der Waals surface area contributed by atoms with E-state index in [4.69, 9.17) is 4.74 Å². The lowest BCUT2D eigenvalue weighted by Gasteiger charge is -2.10. The van der Waals surface area contributed by atoms with Gasteiger partial charge in [0.05, 0.1) is 19.3 Å². The molecule has 0 saturated carbocycles. The number of hydrogen-bond acceptors (Lipinski definition) is 2. The fourth-order valence-electron chi connectivity index (χ4n) is 2.97. The molecule has 0 saturated heterocycles. The van der Waals surface area contributed by atoms with Gasteiger partial charge in [0.15, 0.2) is 0 Å². The molecule has 1 aromatic carbocycles. The fraction of sp³-hybridized carbons (Fsp3) is 0.652. The Morgan fingerprint density at radius 3 is 2.12 bits per heavy atom. The Balaban J connectivity index is 1.86. The standard InChI is InChI=1S/C23H38O2/c1-2-3-4-5-6-7-8-9-10-14-19-23(24)21-25-20-15-18-22-16-12-11-13-17-22/h11-13,15-18,23-24H,2-10,14,19-21H2,1H3/b18-15+. The highest BCUT2D eigenvalue weighted by atomic mass is 16.5. The van der Waals surface area contributed by atoms with Gasteiger partial charge in [0, 0.05) is 0 Å². The predicted molar refractivity (Wildman–Crippen MR) is 109 cm³/mol. The second-order valence-corrected chi connectivity index (χ2v) is 6.97. The average Bonchev–Trinajstić information content (AvgIpc) is 2.64. The van der Waals surface area contributed by atoms with Crippen LogP contribution in [0.4, 0.5) is 0 Å². The summed E-state index contributed by atoms with van der Waals surface area (Å²) < 4.78 is 5.52. The van der Waals surface area contributed by atoms with E-state index in [2.05, 4.69) is 25.1 Å². The largest absolute Gasteiger partial charge is 0.391 e. The first-order chi connectivity index (χ1) is 12.3. The Labute approximate surface area is 155 Å². The van der Waals surface area contributed by atoms with Crippen LogP contribution >= 0.6 is 0 Å². The first kappa shape index (κ1) is 21.9. The molecule has 1 unspecified atom stereocenters. The maximum absolute atomic E-state index is 9.94. The summed E-state index contributed by atoms with van der Waals surface area (Å²) in [4.78, 5) is 0. The highest BCUT2D eigenvalue weighted by Crippen LogP contribution is 2.12. The third-order valence-corrected chi connectivity index (χ3v) is 4.53. The molecule has 0 aliphatic heterocycles. The monoisotopic (exact) mass is 346 g/mol. The molecule has 0 heterocycles. The number of rotatable bonds is 16. The number of aliphatic hydroxyl groups is 1. The zero-order valence-corrected chi connectivity index (χ0v) is 16.2. The number of ether oxygens (including phenoxy) is 1. The zero-order valence-electron chi connectivity index (χ0n) is 16.2. The summed E-state index contributed by atoms with van der Waals surface area (Å²) in [7, 11) is 0. The quantitative estimate of drug-likeness (QED) is 0.351. The summed E-state index contributed by atoms with van der Waals surface area (Å²) in [6.07, 6.45) is 17.9. The molecule has 0 fully saturated rings. The molecule has 1 N–H and O–H groups in total. The van der Waals surface area contributed by atoms with Gasteiger partial charge in [0.2, 0.25) is 0 Å². The van der Waals surface area contributed by atoms with Gasteiger partial charge in [0.25, 0.3) is 0 Å². The fourth-order valence-corrected chi connectivity index (χ4v) is 2.97. The second kappa shape index (κ2) is 16.4. The van der Waals surface area contributed by atoms with Gasteiger partial charge in [-0.05, 0) is 12.0 Å². The molecule has 0 radical (unpaired) electrons. The number of unbranched alkanes of at least 4 members (excludes halogenated alkanes) is 9. The van der Waals surface area contributed by atoms with E-state index in [9.17, 15) is 5.11 Å². The molecule has 1 aromatic rings. The van der Waals surface area contributed by atoms with Crippen LogP contribution in [0.15, 0.2) is 36.4 Å². The molecule has 0 aliphatic carbocycles. The molecular weight excluding hydrogens is 308 g/mol. The van der Waals surface area contributed by atoms with E-state index >= 15 is 0 Å². The molecule has 0 aliphatic rings. The molecule has 1 atom stereocenters. The molecule has 0 aromatic heterocycles. The molecular formula is C23H38O2. The van der Waals surface area contributed by atoms with E-state index in [0.29, 0.717) is 13.2 Å². The Morgan fingerprint density at radius 1 is 0.880 bits per heavy atom. The van der Waals surface area contributed by atoms with Crippen molar-refractivity contribution in [2.75, 3.05) is 13.2 Å². The van der Waals surface area contributed by atoms with Crippen LogP contribution in [0.25, 0.3) is 6.08 Å². The molecule has 0 spiro atoms. The molecule has 25 heavy (non-hydrogen) atoms. The topological polar surface area (TPSA) is 29.5 Å². The SMILES string of the molecule is CCCCCCCCCCCCC(O)COC/C=C/c1ccccc1. The maximum atomic E-state index is 9.94. The Kier molecular flexibility index (Phi) is 14.3. The minimum Gasteiger partial charge on any atom is -0.391 e. The van der Waals surface area contributed by atoms with Crippen molar-refractivity contribution >= 4 is 6.08 Å². The Morgan fingerprint density at radius 2 is 1.48 bits per heavy atom. The van der Waals surface area contributed by atoms with Crippen molar-refractivity contribution in [3.05, 3.63) is 42.0 Å². The van der Waals surface area contributed by atoms with Crippen molar-refractivity contribution in [1.82, 2.24) is 0 Å². The Bertz CT molecular complexity index is 413. The number of aliphatic hydroxyl groups excluding tert-OH is 1. The van der Waals surface area contributed by atoms with Crippen molar-refractivity contribution in [2.24, 2.45) is 0 Å². The van der Waals surface area contributed by atoms with Gasteiger partial charge in [-0.3, -0.25) is 0 Å². The van der Waals surface area contributed by atoms with Crippen molar-refractivity contribution in [3.8, 4) is 0 Å². The second-order valence-electron chi connectivity index (χ2n) is 6.97. The third-order valence-electron chi connectivity index (χ3n) is 4.53. The zero-order chi connectivity index (χ0) is 18.0. The van der Waals surface area contributed by atoms with Crippen molar-refractivity contribution in [1.29, 1.82) is 0 Å². The summed E-state index contributed by atoms with van der Waals surface area (Å²) in [6, 6.07) is 10.2. The van der Waals surface area contributed by atoms with Gasteiger partial charge in [0.1, 0.15) is 0 Å². The molecule has 0 amide bonds. The van der Waals surface area contributed by atoms with Gasteiger partial charge in [-0.2, -0.15) is 0 Å². The van der Waals surface area contributed by atoms with Crippen LogP contribution in [0.3, 0.4) is 0 Å². The first-order valence-electron chi connectivity index (χ1n) is 10.3. The smallest absolute Gasteiger partial charge is 0.0773 e. The lowest BCUT2D eigenvalue weighted by Crippen LogP contribution is -2.15. The maximum Gasteiger partial charge on any atom is 0.0773 e. The highest BCUT2D eigenvalue weighted by Gasteiger charge is 2.03. The van der Waals surface area contributed by atoms with Gasteiger partial charge < -0.3 is 9.84 Å². The lowest BCUT2D eigenvalue weighted by molar-refractivity contribution is 0.0432. The summed E-state index contributed by atoms with van der Waals surface area (Å²) in [5, 5.41) is 9.94. The van der Waals surface area contributed by atoms with Crippen LogP contribution in [-0.4, -0.2) is 24.4 Å². The molecule has 2 heteroatoms. The first-order valence-corrected chi connectivity index (χ1v) is 10.3. The highest BCUT2D eigenvalue weighted by molar-refractivity contribution is 5.48. The summed E-state index contributed by atoms with van der Waals surface area (Å²) in [5.41, 5.74) is 1.18. The lowest BCUT2D eigenvalue weighted by atomic mass is 10.0. The molecule has 2 nitrogen and oxygen atoms in total. The minimum atomic E-state index is -0.320. The van der Waals surface area contributed by atoms with Crippen molar-refractivity contribution < 1.29 is 9.84 Å². The van der Waals surface area contributed by atoms with Crippen LogP contribution in [0.5, 0.6) is 0 Å². The normalized spacial score (nSPS) is 12.7. The third kappa shape index (κ3) is 13.8. The van der Waals surface area contributed by atoms with Gasteiger partial charge in [-0.25, -0.2) is 0 Å². The molecule has 1 rings (SSSR count). The average molecular weight is 347 g/mol. The Hall–Kier alpha value is -1.12. The molecule has 142 valence electrons. The molecule has 0 bridgehead atoms. The summed E-state index contributed by atoms with van der Waals surface area (Å²) in [5.74, 6) is 0. The minimum absolute atomic E-state index is 0.320. The van der Waals surface area contributed by atoms with Crippen LogP contribution in [0.1, 0.15) is 83.1 Å². The summed E-state index contributed by atoms with van der Waals surface area (Å²) >= 11 is 0. The van der Waals surface area contributed by atoms with E-state index in [-0.39, 0.29) is 6.10 Å². The van der Waals surface area contributed by atoms with Crippen LogP contribution in [-0.2, 0) is 4.74 Å². The van der Waals surface area contributed by atoms with E-state index in [1.165, 1.54) is 63.4 Å².